The number of benzene rings is 1. The summed E-state index contributed by atoms with van der Waals surface area (Å²) >= 11 is 5.93. The first kappa shape index (κ1) is 20.4. The van der Waals surface area contributed by atoms with Gasteiger partial charge in [-0.2, -0.15) is 23.1 Å². The lowest BCUT2D eigenvalue weighted by molar-refractivity contribution is -0.137. The van der Waals surface area contributed by atoms with Gasteiger partial charge in [-0.3, -0.25) is 4.90 Å². The molecule has 1 fully saturated rings. The SMILES string of the molecule is Nc1nc(Cl)cc(N2CCN(Cc3nc(-c4cccc(C(F)(F)F)c4)no3)CC2)n1. The van der Waals surface area contributed by atoms with Gasteiger partial charge in [0.2, 0.25) is 17.7 Å². The van der Waals surface area contributed by atoms with E-state index in [0.29, 0.717) is 44.4 Å². The van der Waals surface area contributed by atoms with Crippen molar-refractivity contribution in [3.63, 3.8) is 0 Å². The number of nitrogens with zero attached hydrogens (tertiary/aromatic N) is 6. The fourth-order valence-corrected chi connectivity index (χ4v) is 3.37. The van der Waals surface area contributed by atoms with E-state index in [2.05, 4.69) is 25.0 Å². The maximum Gasteiger partial charge on any atom is 0.416 e. The molecule has 0 spiro atoms. The molecule has 12 heteroatoms. The van der Waals surface area contributed by atoms with Crippen LogP contribution in [0.5, 0.6) is 0 Å². The van der Waals surface area contributed by atoms with Crippen LogP contribution in [0.15, 0.2) is 34.9 Å². The first-order valence-electron chi connectivity index (χ1n) is 9.05. The molecule has 8 nitrogen and oxygen atoms in total. The van der Waals surface area contributed by atoms with Crippen LogP contribution in [0.1, 0.15) is 11.5 Å². The zero-order valence-electron chi connectivity index (χ0n) is 15.6. The normalized spacial score (nSPS) is 15.5. The number of halogens is 4. The summed E-state index contributed by atoms with van der Waals surface area (Å²) in [5.41, 5.74) is 5.14. The van der Waals surface area contributed by atoms with Gasteiger partial charge in [-0.15, -0.1) is 0 Å². The number of aromatic nitrogens is 4. The fourth-order valence-electron chi connectivity index (χ4n) is 3.18. The Bertz CT molecular complexity index is 1010. The van der Waals surface area contributed by atoms with Crippen LogP contribution in [-0.2, 0) is 12.7 Å². The Morgan fingerprint density at radius 3 is 2.53 bits per heavy atom. The van der Waals surface area contributed by atoms with Crippen LogP contribution in [0.3, 0.4) is 0 Å². The van der Waals surface area contributed by atoms with Crippen molar-refractivity contribution in [2.45, 2.75) is 12.7 Å². The molecule has 2 aromatic heterocycles. The van der Waals surface area contributed by atoms with Gasteiger partial charge in [0.25, 0.3) is 0 Å². The summed E-state index contributed by atoms with van der Waals surface area (Å²) in [7, 11) is 0. The van der Waals surface area contributed by atoms with Crippen LogP contribution in [0.25, 0.3) is 11.4 Å². The maximum absolute atomic E-state index is 12.9. The third-order valence-electron chi connectivity index (χ3n) is 4.67. The summed E-state index contributed by atoms with van der Waals surface area (Å²) < 4.78 is 43.9. The van der Waals surface area contributed by atoms with Crippen molar-refractivity contribution < 1.29 is 17.7 Å². The predicted molar refractivity (Wildman–Crippen MR) is 104 cm³/mol. The van der Waals surface area contributed by atoms with Gasteiger partial charge in [0, 0.05) is 37.8 Å². The van der Waals surface area contributed by atoms with Gasteiger partial charge in [-0.25, -0.2) is 4.98 Å². The average Bonchev–Trinajstić information content (AvgIpc) is 3.16. The topological polar surface area (TPSA) is 97.2 Å². The number of nitrogens with two attached hydrogens (primary N) is 1. The van der Waals surface area contributed by atoms with E-state index in [1.807, 2.05) is 4.90 Å². The Balaban J connectivity index is 1.38. The second kappa shape index (κ2) is 8.07. The van der Waals surface area contributed by atoms with Crippen LogP contribution >= 0.6 is 11.6 Å². The van der Waals surface area contributed by atoms with E-state index in [0.717, 1.165) is 12.1 Å². The molecule has 1 saturated heterocycles. The molecule has 0 aliphatic carbocycles. The minimum atomic E-state index is -4.43. The van der Waals surface area contributed by atoms with E-state index < -0.39 is 11.7 Å². The molecular weight excluding hydrogens is 423 g/mol. The Labute approximate surface area is 174 Å². The molecule has 1 aliphatic heterocycles. The molecule has 0 unspecified atom stereocenters. The first-order valence-corrected chi connectivity index (χ1v) is 9.43. The van der Waals surface area contributed by atoms with Gasteiger partial charge in [0.15, 0.2) is 0 Å². The lowest BCUT2D eigenvalue weighted by Crippen LogP contribution is -2.46. The molecule has 1 aliphatic rings. The average molecular weight is 440 g/mol. The summed E-state index contributed by atoms with van der Waals surface area (Å²) in [5, 5.41) is 4.11. The van der Waals surface area contributed by atoms with Crippen molar-refractivity contribution in [3.05, 3.63) is 46.9 Å². The number of hydrogen-bond acceptors (Lipinski definition) is 8. The Morgan fingerprint density at radius 1 is 1.07 bits per heavy atom. The number of piperazine rings is 1. The van der Waals surface area contributed by atoms with E-state index in [1.54, 1.807) is 6.07 Å². The molecule has 4 rings (SSSR count). The fraction of sp³-hybridized carbons (Fsp3) is 0.333. The molecular formula is C18H17ClF3N7O. The van der Waals surface area contributed by atoms with Crippen molar-refractivity contribution >= 4 is 23.4 Å². The monoisotopic (exact) mass is 439 g/mol. The van der Waals surface area contributed by atoms with Crippen molar-refractivity contribution in [1.29, 1.82) is 0 Å². The maximum atomic E-state index is 12.9. The predicted octanol–water partition coefficient (Wildman–Crippen LogP) is 3.10. The molecule has 158 valence electrons. The zero-order chi connectivity index (χ0) is 21.3. The summed E-state index contributed by atoms with van der Waals surface area (Å²) in [5.74, 6) is 1.25. The molecule has 30 heavy (non-hydrogen) atoms. The summed E-state index contributed by atoms with van der Waals surface area (Å²) in [6.07, 6.45) is -4.43. The molecule has 2 N–H and O–H groups in total. The molecule has 0 saturated carbocycles. The number of alkyl halides is 3. The lowest BCUT2D eigenvalue weighted by Gasteiger charge is -2.34. The highest BCUT2D eigenvalue weighted by atomic mass is 35.5. The van der Waals surface area contributed by atoms with Crippen LogP contribution in [-0.4, -0.2) is 51.2 Å². The molecule has 0 amide bonds. The molecule has 0 bridgehead atoms. The molecule has 1 aromatic carbocycles. The zero-order valence-corrected chi connectivity index (χ0v) is 16.4. The standard InChI is InChI=1S/C18H17ClF3N7O/c19-13-9-14(25-17(23)24-13)29-6-4-28(5-7-29)10-15-26-16(27-30-15)11-2-1-3-12(8-11)18(20,21)22/h1-3,8-9H,4-7,10H2,(H2,23,24,25). The second-order valence-corrected chi connectivity index (χ2v) is 7.15. The van der Waals surface area contributed by atoms with Crippen molar-refractivity contribution in [3.8, 4) is 11.4 Å². The minimum absolute atomic E-state index is 0.118. The van der Waals surface area contributed by atoms with E-state index >= 15 is 0 Å². The first-order chi connectivity index (χ1) is 14.3. The summed E-state index contributed by atoms with van der Waals surface area (Å²) in [6, 6.07) is 6.50. The van der Waals surface area contributed by atoms with Crippen LogP contribution < -0.4 is 10.6 Å². The number of nitrogen functional groups attached to an aromatic ring is 1. The summed E-state index contributed by atoms with van der Waals surface area (Å²) in [4.78, 5) is 16.4. The van der Waals surface area contributed by atoms with E-state index in [9.17, 15) is 13.2 Å². The van der Waals surface area contributed by atoms with Gasteiger partial charge < -0.3 is 15.2 Å². The molecule has 0 radical (unpaired) electrons. The molecule has 3 heterocycles. The van der Waals surface area contributed by atoms with Gasteiger partial charge in [-0.05, 0) is 12.1 Å². The third-order valence-corrected chi connectivity index (χ3v) is 4.86. The highest BCUT2D eigenvalue weighted by Crippen LogP contribution is 2.31. The lowest BCUT2D eigenvalue weighted by atomic mass is 10.1. The van der Waals surface area contributed by atoms with Gasteiger partial charge >= 0.3 is 6.18 Å². The van der Waals surface area contributed by atoms with Crippen molar-refractivity contribution in [2.75, 3.05) is 36.8 Å². The van der Waals surface area contributed by atoms with E-state index in [4.69, 9.17) is 21.9 Å². The van der Waals surface area contributed by atoms with Crippen molar-refractivity contribution in [1.82, 2.24) is 25.0 Å². The van der Waals surface area contributed by atoms with Gasteiger partial charge in [-0.1, -0.05) is 28.9 Å². The minimum Gasteiger partial charge on any atom is -0.368 e. The molecule has 0 atom stereocenters. The quantitative estimate of drug-likeness (QED) is 0.619. The van der Waals surface area contributed by atoms with Gasteiger partial charge in [0.05, 0.1) is 12.1 Å². The van der Waals surface area contributed by atoms with Crippen LogP contribution in [0.2, 0.25) is 5.15 Å². The number of rotatable bonds is 4. The highest BCUT2D eigenvalue weighted by Gasteiger charge is 2.31. The largest absolute Gasteiger partial charge is 0.416 e. The Kier molecular flexibility index (Phi) is 5.48. The second-order valence-electron chi connectivity index (χ2n) is 6.76. The smallest absolute Gasteiger partial charge is 0.368 e. The van der Waals surface area contributed by atoms with Crippen molar-refractivity contribution in [2.24, 2.45) is 0 Å². The Morgan fingerprint density at radius 2 is 1.83 bits per heavy atom. The van der Waals surface area contributed by atoms with E-state index in [-0.39, 0.29) is 22.5 Å². The highest BCUT2D eigenvalue weighted by molar-refractivity contribution is 6.29. The Hall–Kier alpha value is -2.92. The van der Waals surface area contributed by atoms with Crippen LogP contribution in [0.4, 0.5) is 24.9 Å². The number of hydrogen-bond donors (Lipinski definition) is 1. The van der Waals surface area contributed by atoms with E-state index in [1.165, 1.54) is 12.1 Å². The number of anilines is 2. The van der Waals surface area contributed by atoms with Gasteiger partial charge in [0.1, 0.15) is 11.0 Å². The third kappa shape index (κ3) is 4.62. The molecule has 3 aromatic rings. The summed E-state index contributed by atoms with van der Waals surface area (Å²) in [6.45, 7) is 3.15. The van der Waals surface area contributed by atoms with Crippen LogP contribution in [0, 0.1) is 0 Å².